The lowest BCUT2D eigenvalue weighted by Gasteiger charge is -2.23. The highest BCUT2D eigenvalue weighted by Gasteiger charge is 2.32. The molecule has 1 fully saturated rings. The van der Waals surface area contributed by atoms with Crippen molar-refractivity contribution in [1.29, 1.82) is 0 Å². The zero-order valence-corrected chi connectivity index (χ0v) is 15.8. The van der Waals surface area contributed by atoms with Crippen LogP contribution in [-0.4, -0.2) is 50.4 Å². The first kappa shape index (κ1) is 18.4. The summed E-state index contributed by atoms with van der Waals surface area (Å²) in [5, 5.41) is 0.647. The smallest absolute Gasteiger partial charge is 0.336 e. The summed E-state index contributed by atoms with van der Waals surface area (Å²) in [6.45, 7) is 3.40. The van der Waals surface area contributed by atoms with Crippen molar-refractivity contribution in [3.8, 4) is 5.75 Å². The number of nitrogens with zero attached hydrogens (tertiary/aromatic N) is 1. The Hall–Kier alpha value is -2.35. The van der Waals surface area contributed by atoms with Gasteiger partial charge in [-0.25, -0.2) is 13.2 Å². The van der Waals surface area contributed by atoms with Crippen LogP contribution in [0.15, 0.2) is 27.4 Å². The molecule has 1 aliphatic rings. The molecule has 2 heterocycles. The van der Waals surface area contributed by atoms with Gasteiger partial charge in [0.25, 0.3) is 5.91 Å². The Labute approximate surface area is 151 Å². The van der Waals surface area contributed by atoms with Crippen molar-refractivity contribution in [2.45, 2.75) is 26.3 Å². The van der Waals surface area contributed by atoms with Crippen molar-refractivity contribution < 1.29 is 22.4 Å². The number of fused-ring (bicyclic) bond motifs is 1. The van der Waals surface area contributed by atoms with E-state index in [4.69, 9.17) is 9.15 Å². The van der Waals surface area contributed by atoms with Crippen LogP contribution in [-0.2, 0) is 14.6 Å². The molecular formula is C18H21NO6S. The molecular weight excluding hydrogens is 358 g/mol. The number of hydrogen-bond donors (Lipinski definition) is 0. The summed E-state index contributed by atoms with van der Waals surface area (Å²) in [4.78, 5) is 25.4. The average molecular weight is 379 g/mol. The van der Waals surface area contributed by atoms with Gasteiger partial charge in [0, 0.05) is 19.2 Å². The maximum Gasteiger partial charge on any atom is 0.336 e. The Morgan fingerprint density at radius 2 is 2.04 bits per heavy atom. The van der Waals surface area contributed by atoms with E-state index in [1.807, 2.05) is 6.92 Å². The first-order valence-corrected chi connectivity index (χ1v) is 10.1. The van der Waals surface area contributed by atoms with Gasteiger partial charge < -0.3 is 14.1 Å². The van der Waals surface area contributed by atoms with Crippen LogP contribution in [0.4, 0.5) is 0 Å². The van der Waals surface area contributed by atoms with Crippen molar-refractivity contribution >= 4 is 26.7 Å². The molecule has 0 unspecified atom stereocenters. The molecule has 140 valence electrons. The minimum absolute atomic E-state index is 0.00706. The van der Waals surface area contributed by atoms with Gasteiger partial charge in [0.15, 0.2) is 16.4 Å². The van der Waals surface area contributed by atoms with Gasteiger partial charge in [-0.2, -0.15) is 0 Å². The second-order valence-electron chi connectivity index (χ2n) is 6.73. The van der Waals surface area contributed by atoms with Gasteiger partial charge in [-0.1, -0.05) is 0 Å². The van der Waals surface area contributed by atoms with Crippen molar-refractivity contribution in [2.75, 3.05) is 25.2 Å². The Morgan fingerprint density at radius 3 is 2.69 bits per heavy atom. The molecule has 1 aliphatic heterocycles. The van der Waals surface area contributed by atoms with Gasteiger partial charge in [0.1, 0.15) is 11.3 Å². The second kappa shape index (κ2) is 6.75. The Balaban J connectivity index is 1.79. The van der Waals surface area contributed by atoms with E-state index in [-0.39, 0.29) is 30.1 Å². The van der Waals surface area contributed by atoms with Crippen molar-refractivity contribution in [2.24, 2.45) is 0 Å². The number of benzene rings is 1. The number of aryl methyl sites for hydroxylation is 2. The first-order chi connectivity index (χ1) is 12.2. The Kier molecular flexibility index (Phi) is 4.79. The van der Waals surface area contributed by atoms with Gasteiger partial charge in [0.05, 0.1) is 16.9 Å². The molecule has 0 saturated carbocycles. The van der Waals surface area contributed by atoms with E-state index in [1.54, 1.807) is 26.1 Å². The van der Waals surface area contributed by atoms with Gasteiger partial charge in [0.2, 0.25) is 0 Å². The van der Waals surface area contributed by atoms with Crippen LogP contribution in [0.25, 0.3) is 11.0 Å². The van der Waals surface area contributed by atoms with E-state index in [0.717, 1.165) is 5.56 Å². The lowest BCUT2D eigenvalue weighted by atomic mass is 10.1. The molecule has 0 spiro atoms. The molecule has 7 nitrogen and oxygen atoms in total. The van der Waals surface area contributed by atoms with E-state index in [9.17, 15) is 18.0 Å². The zero-order valence-electron chi connectivity index (χ0n) is 14.9. The lowest BCUT2D eigenvalue weighted by Crippen LogP contribution is -2.40. The van der Waals surface area contributed by atoms with Gasteiger partial charge >= 0.3 is 5.63 Å². The van der Waals surface area contributed by atoms with E-state index in [0.29, 0.717) is 28.7 Å². The number of carbonyl (C=O) groups excluding carboxylic acids is 1. The van der Waals surface area contributed by atoms with Crippen molar-refractivity contribution in [1.82, 2.24) is 4.90 Å². The van der Waals surface area contributed by atoms with Crippen LogP contribution in [0.1, 0.15) is 17.5 Å². The summed E-state index contributed by atoms with van der Waals surface area (Å²) < 4.78 is 34.1. The SMILES string of the molecule is Cc1cc(OCC(=O)N(C)[C@H]2CCS(=O)(=O)C2)c2c(C)cc(=O)oc2c1. The third kappa shape index (κ3) is 3.75. The highest BCUT2D eigenvalue weighted by atomic mass is 32.2. The molecule has 1 amide bonds. The molecule has 0 aliphatic carbocycles. The quantitative estimate of drug-likeness (QED) is 0.746. The lowest BCUT2D eigenvalue weighted by molar-refractivity contribution is -0.133. The zero-order chi connectivity index (χ0) is 19.1. The highest BCUT2D eigenvalue weighted by Crippen LogP contribution is 2.29. The predicted octanol–water partition coefficient (Wildman–Crippen LogP) is 1.43. The molecule has 3 rings (SSSR count). The number of hydrogen-bond acceptors (Lipinski definition) is 6. The number of ether oxygens (including phenoxy) is 1. The monoisotopic (exact) mass is 379 g/mol. The number of sulfone groups is 1. The minimum atomic E-state index is -3.06. The molecule has 1 aromatic heterocycles. The van der Waals surface area contributed by atoms with Gasteiger partial charge in [-0.05, 0) is 43.5 Å². The topological polar surface area (TPSA) is 93.9 Å². The molecule has 0 radical (unpaired) electrons. The Morgan fingerprint density at radius 1 is 1.31 bits per heavy atom. The number of carbonyl (C=O) groups is 1. The fourth-order valence-electron chi connectivity index (χ4n) is 3.22. The largest absolute Gasteiger partial charge is 0.483 e. The van der Waals surface area contributed by atoms with Crippen LogP contribution in [0, 0.1) is 13.8 Å². The summed E-state index contributed by atoms with van der Waals surface area (Å²) in [7, 11) is -1.47. The van der Waals surface area contributed by atoms with Crippen LogP contribution in [0.5, 0.6) is 5.75 Å². The standard InChI is InChI=1S/C18H21NO6S/c1-11-6-14(18-12(2)8-17(21)25-15(18)7-11)24-9-16(20)19(3)13-4-5-26(22,23)10-13/h6-8,13H,4-5,9-10H2,1-3H3/t13-/m0/s1. The van der Waals surface area contributed by atoms with E-state index >= 15 is 0 Å². The minimum Gasteiger partial charge on any atom is -0.483 e. The third-order valence-corrected chi connectivity index (χ3v) is 6.40. The highest BCUT2D eigenvalue weighted by molar-refractivity contribution is 7.91. The van der Waals surface area contributed by atoms with Crippen LogP contribution < -0.4 is 10.4 Å². The predicted molar refractivity (Wildman–Crippen MR) is 97.3 cm³/mol. The number of amides is 1. The van der Waals surface area contributed by atoms with E-state index in [2.05, 4.69) is 0 Å². The first-order valence-electron chi connectivity index (χ1n) is 8.30. The fraction of sp³-hybridized carbons (Fsp3) is 0.444. The molecule has 26 heavy (non-hydrogen) atoms. The molecule has 1 atom stereocenters. The maximum atomic E-state index is 12.4. The molecule has 1 saturated heterocycles. The second-order valence-corrected chi connectivity index (χ2v) is 8.96. The summed E-state index contributed by atoms with van der Waals surface area (Å²) in [5.74, 6) is 0.267. The molecule has 0 bridgehead atoms. The van der Waals surface area contributed by atoms with Crippen molar-refractivity contribution in [3.05, 3.63) is 39.7 Å². The molecule has 0 N–H and O–H groups in total. The van der Waals surface area contributed by atoms with Crippen LogP contribution >= 0.6 is 0 Å². The van der Waals surface area contributed by atoms with E-state index in [1.165, 1.54) is 11.0 Å². The fourth-order valence-corrected chi connectivity index (χ4v) is 4.99. The summed E-state index contributed by atoms with van der Waals surface area (Å²) in [6, 6.07) is 4.59. The van der Waals surface area contributed by atoms with Crippen molar-refractivity contribution in [3.63, 3.8) is 0 Å². The summed E-state index contributed by atoms with van der Waals surface area (Å²) in [5.41, 5.74) is 1.51. The maximum absolute atomic E-state index is 12.4. The summed E-state index contributed by atoms with van der Waals surface area (Å²) >= 11 is 0. The number of rotatable bonds is 4. The number of likely N-dealkylation sites (N-methyl/N-ethyl adjacent to an activating group) is 1. The molecule has 1 aromatic carbocycles. The average Bonchev–Trinajstić information content (AvgIpc) is 2.90. The van der Waals surface area contributed by atoms with Gasteiger partial charge in [-0.15, -0.1) is 0 Å². The third-order valence-electron chi connectivity index (χ3n) is 4.65. The van der Waals surface area contributed by atoms with Crippen LogP contribution in [0.2, 0.25) is 0 Å². The Bertz CT molecular complexity index is 1020. The normalized spacial score (nSPS) is 18.8. The van der Waals surface area contributed by atoms with Gasteiger partial charge in [-0.3, -0.25) is 4.79 Å². The molecule has 2 aromatic rings. The van der Waals surface area contributed by atoms with Crippen LogP contribution in [0.3, 0.4) is 0 Å². The molecule has 8 heteroatoms. The summed E-state index contributed by atoms with van der Waals surface area (Å²) in [6.07, 6.45) is 0.447. The van der Waals surface area contributed by atoms with E-state index < -0.39 is 15.5 Å².